The summed E-state index contributed by atoms with van der Waals surface area (Å²) in [6, 6.07) is 92.1. The zero-order chi connectivity index (χ0) is 92.8. The third kappa shape index (κ3) is 25.6. The van der Waals surface area contributed by atoms with Gasteiger partial charge in [-0.1, -0.05) is 255 Å². The summed E-state index contributed by atoms with van der Waals surface area (Å²) in [6.45, 7) is 16.4. The van der Waals surface area contributed by atoms with Crippen LogP contribution in [0.15, 0.2) is 331 Å². The monoisotopic (exact) mass is 1790 g/mol. The van der Waals surface area contributed by atoms with E-state index in [1.807, 2.05) is 208 Å². The van der Waals surface area contributed by atoms with E-state index in [4.69, 9.17) is 19.4 Å². The van der Waals surface area contributed by atoms with Gasteiger partial charge in [0.2, 0.25) is 11.6 Å². The average molecular weight is 1800 g/mol. The number of ketones is 4. The fourth-order valence-corrected chi connectivity index (χ4v) is 18.4. The second kappa shape index (κ2) is 47.7. The summed E-state index contributed by atoms with van der Waals surface area (Å²) in [6.07, 6.45) is 16.5. The predicted molar refractivity (Wildman–Crippen MR) is 530 cm³/mol. The molecule has 672 valence electrons. The first-order valence-electron chi connectivity index (χ1n) is 45.4. The van der Waals surface area contributed by atoms with E-state index in [1.165, 1.54) is 52.4 Å². The third-order valence-electron chi connectivity index (χ3n) is 23.7. The summed E-state index contributed by atoms with van der Waals surface area (Å²) >= 11 is 3.28. The van der Waals surface area contributed by atoms with E-state index in [0.717, 1.165) is 161 Å². The molecule has 18 nitrogen and oxygen atoms in total. The van der Waals surface area contributed by atoms with Crippen molar-refractivity contribution in [2.75, 3.05) is 0 Å². The fraction of sp³-hybridized carbons (Fsp3) is 0.250. The highest BCUT2D eigenvalue weighted by Gasteiger charge is 2.27. The number of carbonyl (C=O) groups is 8. The van der Waals surface area contributed by atoms with Crippen molar-refractivity contribution >= 4 is 137 Å². The molecular formula is C112H110N6O12S2. The van der Waals surface area contributed by atoms with Crippen LogP contribution in [0.4, 0.5) is 0 Å². The van der Waals surface area contributed by atoms with Gasteiger partial charge in [-0.3, -0.25) is 19.2 Å². The molecule has 0 bridgehead atoms. The van der Waals surface area contributed by atoms with E-state index in [0.29, 0.717) is 75.0 Å². The first kappa shape index (κ1) is 95.8. The summed E-state index contributed by atoms with van der Waals surface area (Å²) in [5.41, 5.74) is 14.8. The molecule has 2 saturated carbocycles. The third-order valence-corrected chi connectivity index (χ3v) is 25.7. The Morgan fingerprint density at radius 2 is 0.705 bits per heavy atom. The quantitative estimate of drug-likeness (QED) is 0.0125. The second-order valence-corrected chi connectivity index (χ2v) is 35.3. The Hall–Kier alpha value is -13.8. The molecule has 0 saturated heterocycles. The topological polar surface area (TPSA) is 233 Å². The van der Waals surface area contributed by atoms with Gasteiger partial charge in [-0.25, -0.2) is 19.2 Å². The summed E-state index contributed by atoms with van der Waals surface area (Å²) in [4.78, 5) is 125. The van der Waals surface area contributed by atoms with E-state index >= 15 is 0 Å². The van der Waals surface area contributed by atoms with Gasteiger partial charge in [0.1, 0.15) is 11.4 Å². The number of hydrogen-bond donors (Lipinski definition) is 0. The number of fused-ring (bicyclic) bond motifs is 6. The Bertz CT molecular complexity index is 6550. The van der Waals surface area contributed by atoms with E-state index in [1.54, 1.807) is 91.1 Å². The zero-order valence-corrected chi connectivity index (χ0v) is 77.6. The molecule has 12 aromatic carbocycles. The number of hydrogen-bond acceptors (Lipinski definition) is 18. The lowest BCUT2D eigenvalue weighted by Gasteiger charge is -2.11. The van der Waals surface area contributed by atoms with Crippen molar-refractivity contribution in [3.05, 3.63) is 358 Å². The van der Waals surface area contributed by atoms with Gasteiger partial charge in [0, 0.05) is 129 Å². The van der Waals surface area contributed by atoms with Crippen LogP contribution in [0.25, 0.3) is 43.6 Å². The number of rotatable bonds is 32. The number of carbonyl (C=O) groups excluding carboxylic acids is 8. The van der Waals surface area contributed by atoms with E-state index in [9.17, 15) is 38.4 Å². The zero-order valence-electron chi connectivity index (χ0n) is 76.0. The average Bonchev–Trinajstić information content (AvgIpc) is 1.60. The molecule has 0 radical (unpaired) electrons. The maximum Gasteiger partial charge on any atom is 0.365 e. The molecule has 0 unspecified atom stereocenters. The highest BCUT2D eigenvalue weighted by Crippen LogP contribution is 2.38. The molecule has 14 aromatic rings. The molecule has 2 fully saturated rings. The van der Waals surface area contributed by atoms with Gasteiger partial charge >= 0.3 is 23.9 Å². The van der Waals surface area contributed by atoms with E-state index < -0.39 is 23.9 Å². The second-order valence-electron chi connectivity index (χ2n) is 33.0. The van der Waals surface area contributed by atoms with Crippen LogP contribution in [-0.2, 0) is 42.0 Å². The molecule has 0 N–H and O–H groups in total. The Kier molecular flexibility index (Phi) is 34.6. The molecule has 0 spiro atoms. The first-order chi connectivity index (χ1) is 64.2. The van der Waals surface area contributed by atoms with Crippen LogP contribution in [0.1, 0.15) is 240 Å². The van der Waals surface area contributed by atoms with Gasteiger partial charge in [-0.15, -0.1) is 0 Å². The van der Waals surface area contributed by atoms with Crippen LogP contribution < -0.4 is 0 Å². The number of oxime groups is 4. The summed E-state index contributed by atoms with van der Waals surface area (Å²) in [5.74, 6) is -1.24. The summed E-state index contributed by atoms with van der Waals surface area (Å²) in [7, 11) is 0. The van der Waals surface area contributed by atoms with Crippen LogP contribution in [0, 0.1) is 25.7 Å². The maximum absolute atomic E-state index is 13.4. The van der Waals surface area contributed by atoms with Gasteiger partial charge < -0.3 is 28.5 Å². The Morgan fingerprint density at radius 1 is 0.341 bits per heavy atom. The minimum absolute atomic E-state index is 0.0150. The number of benzene rings is 12. The van der Waals surface area contributed by atoms with Crippen molar-refractivity contribution in [1.29, 1.82) is 0 Å². The van der Waals surface area contributed by atoms with E-state index in [-0.39, 0.29) is 28.8 Å². The number of aryl methyl sites for hydroxylation is 4. The van der Waals surface area contributed by atoms with E-state index in [2.05, 4.69) is 86.9 Å². The van der Waals surface area contributed by atoms with Crippen molar-refractivity contribution in [3.8, 4) is 0 Å². The molecule has 0 atom stereocenters. The minimum atomic E-state index is -0.570. The molecular weight excluding hydrogens is 1690 g/mol. The lowest BCUT2D eigenvalue weighted by atomic mass is 9.95. The van der Waals surface area contributed by atoms with Crippen molar-refractivity contribution < 1.29 is 57.7 Å². The minimum Gasteiger partial charge on any atom is -0.341 e. The van der Waals surface area contributed by atoms with Crippen LogP contribution in [-0.4, -0.2) is 79.0 Å². The first-order valence-corrected chi connectivity index (χ1v) is 47.1. The standard InChI is InChI=1S/C32H34N2O3.C27H25NO3S.C27H27NO3S.C26H24N2O3/c1-4-34-30-17-14-24(29(33-37-22(3)35)16-13-23-10-6-7-11-23)19-27(30)28-20-25(15-18-31(28)34)32(36)26-12-8-5-9-21(26)2;29-26(21-15-17-24(18-16-21)32-23-13-5-2-6-14-23)25(19-20-9-7-8-10-20)28-31-27(30)22-11-3-1-4-12-22;1-2-3-4-11-16-25(28-31-27(30)22-12-7-5-8-13-22)26(29)21-17-19-24(20-18-21)32-23-14-9-6-10-15-23;1-5-28-24-12-10-19(17(3)27-31-18(4)29)14-22(24)23-15-20(11-13-25(23)28)26(30)21-9-7-6-8-16(21)2/h5,8-9,12,14-15,17-20,23H,4,6-7,10-11,13,16H2,1-3H3;1-6,11-18,20H,7-10,19H2;5-10,12-15,17-20H,2-4,11,16H2,1H3;6-15H,5H2,1-4H3/b33-29+;2*28-25+;27-17+. The van der Waals surface area contributed by atoms with Crippen molar-refractivity contribution in [3.63, 3.8) is 0 Å². The molecule has 2 aliphatic rings. The van der Waals surface area contributed by atoms with Gasteiger partial charge in [0.05, 0.1) is 22.6 Å². The molecule has 2 aromatic heterocycles. The van der Waals surface area contributed by atoms with Gasteiger partial charge in [0.15, 0.2) is 11.6 Å². The Morgan fingerprint density at radius 3 is 1.14 bits per heavy atom. The lowest BCUT2D eigenvalue weighted by molar-refractivity contribution is -0.141. The lowest BCUT2D eigenvalue weighted by Crippen LogP contribution is -2.19. The van der Waals surface area contributed by atoms with Gasteiger partial charge in [-0.05, 0) is 253 Å². The highest BCUT2D eigenvalue weighted by molar-refractivity contribution is 7.99. The summed E-state index contributed by atoms with van der Waals surface area (Å²) in [5, 5.41) is 20.4. The van der Waals surface area contributed by atoms with Crippen molar-refractivity contribution in [2.24, 2.45) is 32.5 Å². The normalized spacial score (nSPS) is 13.0. The van der Waals surface area contributed by atoms with Crippen LogP contribution in [0.2, 0.25) is 0 Å². The molecule has 132 heavy (non-hydrogen) atoms. The smallest absolute Gasteiger partial charge is 0.341 e. The number of unbranched alkanes of at least 4 members (excludes halogenated alkanes) is 3. The Balaban J connectivity index is 0.000000150. The maximum atomic E-state index is 13.4. The molecule has 0 amide bonds. The predicted octanol–water partition coefficient (Wildman–Crippen LogP) is 27.3. The number of Topliss-reactive ketones (excluding diaryl/α,β-unsaturated/α-hetero) is 2. The fourth-order valence-electron chi connectivity index (χ4n) is 16.7. The molecule has 2 aliphatic carbocycles. The highest BCUT2D eigenvalue weighted by atomic mass is 32.2. The molecule has 20 heteroatoms. The SMILES string of the molecule is CCCCCC/C(=N\OC(=O)c1ccccc1)C(=O)c1ccc(Sc2ccccc2)cc1.CCn1c2ccc(C(=O)c3ccccc3C)cc2c2cc(/C(C)=N/OC(C)=O)ccc21.CCn1c2ccc(C(=O)c3ccccc3C)cc2c2cc(/C(CCC3CCCC3)=N/OC(C)=O)ccc21.O=C(O/N=C(\CC1CCCC1)C(=O)c1ccc(Sc2ccccc2)cc1)c1ccccc1. The molecule has 0 aliphatic heterocycles. The van der Waals surface area contributed by atoms with Crippen molar-refractivity contribution in [2.45, 2.75) is 191 Å². The largest absolute Gasteiger partial charge is 0.365 e. The van der Waals surface area contributed by atoms with Gasteiger partial charge in [-0.2, -0.15) is 0 Å². The number of aromatic nitrogens is 2. The Labute approximate surface area is 780 Å². The summed E-state index contributed by atoms with van der Waals surface area (Å²) < 4.78 is 4.51. The van der Waals surface area contributed by atoms with Crippen LogP contribution in [0.3, 0.4) is 0 Å². The van der Waals surface area contributed by atoms with Gasteiger partial charge in [0.25, 0.3) is 0 Å². The van der Waals surface area contributed by atoms with Crippen molar-refractivity contribution in [1.82, 2.24) is 9.13 Å². The molecule has 2 heterocycles. The van der Waals surface area contributed by atoms with Crippen LogP contribution in [0.5, 0.6) is 0 Å². The van der Waals surface area contributed by atoms with Crippen LogP contribution >= 0.6 is 23.5 Å². The number of nitrogens with zero attached hydrogens (tertiary/aromatic N) is 6. The molecule has 16 rings (SSSR count).